The average molecular weight is 383 g/mol. The number of amides is 2. The molecule has 0 aliphatic heterocycles. The van der Waals surface area contributed by atoms with E-state index in [-0.39, 0.29) is 18.4 Å². The first-order valence-electron chi connectivity index (χ1n) is 9.73. The van der Waals surface area contributed by atoms with Gasteiger partial charge in [-0.3, -0.25) is 9.59 Å². The van der Waals surface area contributed by atoms with Crippen LogP contribution in [0.1, 0.15) is 30.5 Å². The molecule has 1 unspecified atom stereocenters. The van der Waals surface area contributed by atoms with Crippen LogP contribution in [-0.2, 0) is 16.0 Å². The Kier molecular flexibility index (Phi) is 8.05. The van der Waals surface area contributed by atoms with Crippen LogP contribution in [0.4, 0.5) is 0 Å². The maximum absolute atomic E-state index is 12.9. The molecule has 0 aliphatic carbocycles. The first-order valence-corrected chi connectivity index (χ1v) is 9.73. The number of aryl methyl sites for hydroxylation is 2. The van der Waals surface area contributed by atoms with Crippen molar-refractivity contribution in [3.05, 3.63) is 65.2 Å². The molecular formula is C23H30N2O3. The number of hydrogen-bond acceptors (Lipinski definition) is 3. The van der Waals surface area contributed by atoms with Gasteiger partial charge in [0.25, 0.3) is 5.91 Å². The zero-order valence-corrected chi connectivity index (χ0v) is 17.2. The maximum Gasteiger partial charge on any atom is 0.261 e. The van der Waals surface area contributed by atoms with Gasteiger partial charge in [-0.1, -0.05) is 48.0 Å². The maximum atomic E-state index is 12.9. The third kappa shape index (κ3) is 6.12. The highest BCUT2D eigenvalue weighted by atomic mass is 16.5. The summed E-state index contributed by atoms with van der Waals surface area (Å²) in [4.78, 5) is 26.8. The Morgan fingerprint density at radius 2 is 1.82 bits per heavy atom. The summed E-state index contributed by atoms with van der Waals surface area (Å²) in [6.07, 6.45) is 0.680. The van der Waals surface area contributed by atoms with E-state index < -0.39 is 6.04 Å². The molecule has 0 radical (unpaired) electrons. The van der Waals surface area contributed by atoms with Crippen LogP contribution in [-0.4, -0.2) is 42.5 Å². The van der Waals surface area contributed by atoms with E-state index >= 15 is 0 Å². The lowest BCUT2D eigenvalue weighted by atomic mass is 10.1. The molecule has 0 spiro atoms. The van der Waals surface area contributed by atoms with Gasteiger partial charge >= 0.3 is 0 Å². The van der Waals surface area contributed by atoms with E-state index in [2.05, 4.69) is 5.32 Å². The van der Waals surface area contributed by atoms with Crippen LogP contribution in [0.2, 0.25) is 0 Å². The summed E-state index contributed by atoms with van der Waals surface area (Å²) in [6, 6.07) is 15.2. The Hall–Kier alpha value is -2.82. The second-order valence-electron chi connectivity index (χ2n) is 6.95. The lowest BCUT2D eigenvalue weighted by molar-refractivity contribution is -0.141. The van der Waals surface area contributed by atoms with Crippen LogP contribution in [0, 0.1) is 13.8 Å². The van der Waals surface area contributed by atoms with E-state index in [0.717, 1.165) is 16.7 Å². The molecular weight excluding hydrogens is 352 g/mol. The fourth-order valence-electron chi connectivity index (χ4n) is 3.08. The van der Waals surface area contributed by atoms with E-state index in [1.54, 1.807) is 11.8 Å². The standard InChI is InChI=1S/C23H30N2O3/c1-5-24-23(27)19(4)25(14-13-20-9-7-6-8-10-20)22(26)16-28-21-12-11-17(2)15-18(21)3/h6-12,15,19H,5,13-14,16H2,1-4H3,(H,24,27). The van der Waals surface area contributed by atoms with Gasteiger partial charge in [0.05, 0.1) is 0 Å². The van der Waals surface area contributed by atoms with Crippen molar-refractivity contribution in [1.29, 1.82) is 0 Å². The van der Waals surface area contributed by atoms with Gasteiger partial charge in [-0.05, 0) is 51.3 Å². The Labute approximate surface area is 167 Å². The summed E-state index contributed by atoms with van der Waals surface area (Å²) in [5.74, 6) is 0.331. The number of nitrogens with one attached hydrogen (secondary N) is 1. The molecule has 1 N–H and O–H groups in total. The Morgan fingerprint density at radius 3 is 2.46 bits per heavy atom. The monoisotopic (exact) mass is 382 g/mol. The molecule has 5 nitrogen and oxygen atoms in total. The molecule has 2 rings (SSSR count). The van der Waals surface area contributed by atoms with Gasteiger partial charge < -0.3 is 15.0 Å². The Bertz CT molecular complexity index is 790. The van der Waals surface area contributed by atoms with Crippen molar-refractivity contribution < 1.29 is 14.3 Å². The summed E-state index contributed by atoms with van der Waals surface area (Å²) in [5, 5.41) is 2.79. The highest BCUT2D eigenvalue weighted by molar-refractivity contribution is 5.87. The summed E-state index contributed by atoms with van der Waals surface area (Å²) >= 11 is 0. The van der Waals surface area contributed by atoms with Crippen molar-refractivity contribution in [2.75, 3.05) is 19.7 Å². The largest absolute Gasteiger partial charge is 0.483 e. The van der Waals surface area contributed by atoms with Crippen LogP contribution in [0.15, 0.2) is 48.5 Å². The molecule has 5 heteroatoms. The molecule has 1 atom stereocenters. The normalized spacial score (nSPS) is 11.6. The number of likely N-dealkylation sites (N-methyl/N-ethyl adjacent to an activating group) is 1. The molecule has 0 aromatic heterocycles. The molecule has 0 fully saturated rings. The van der Waals surface area contributed by atoms with Gasteiger partial charge in [0.15, 0.2) is 6.61 Å². The lowest BCUT2D eigenvalue weighted by Gasteiger charge is -2.28. The molecule has 2 amide bonds. The van der Waals surface area contributed by atoms with Crippen molar-refractivity contribution in [2.45, 2.75) is 40.2 Å². The van der Waals surface area contributed by atoms with Gasteiger partial charge in [0.2, 0.25) is 5.91 Å². The highest BCUT2D eigenvalue weighted by Crippen LogP contribution is 2.19. The third-order valence-corrected chi connectivity index (χ3v) is 4.68. The van der Waals surface area contributed by atoms with Crippen molar-refractivity contribution in [2.24, 2.45) is 0 Å². The number of carbonyl (C=O) groups excluding carboxylic acids is 2. The zero-order chi connectivity index (χ0) is 20.5. The molecule has 0 saturated carbocycles. The molecule has 28 heavy (non-hydrogen) atoms. The molecule has 150 valence electrons. The van der Waals surface area contributed by atoms with Crippen molar-refractivity contribution >= 4 is 11.8 Å². The number of hydrogen-bond donors (Lipinski definition) is 1. The fourth-order valence-corrected chi connectivity index (χ4v) is 3.08. The van der Waals surface area contributed by atoms with Crippen LogP contribution in [0.25, 0.3) is 0 Å². The second-order valence-corrected chi connectivity index (χ2v) is 6.95. The Morgan fingerprint density at radius 1 is 1.11 bits per heavy atom. The molecule has 0 saturated heterocycles. The molecule has 2 aromatic carbocycles. The van der Waals surface area contributed by atoms with Gasteiger partial charge in [-0.15, -0.1) is 0 Å². The number of rotatable bonds is 9. The van der Waals surface area contributed by atoms with Gasteiger partial charge in [-0.2, -0.15) is 0 Å². The van der Waals surface area contributed by atoms with Crippen molar-refractivity contribution in [3.63, 3.8) is 0 Å². The van der Waals surface area contributed by atoms with E-state index in [9.17, 15) is 9.59 Å². The number of carbonyl (C=O) groups is 2. The summed E-state index contributed by atoms with van der Waals surface area (Å²) in [7, 11) is 0. The first-order chi connectivity index (χ1) is 13.4. The number of benzene rings is 2. The third-order valence-electron chi connectivity index (χ3n) is 4.68. The van der Waals surface area contributed by atoms with Crippen molar-refractivity contribution in [3.8, 4) is 5.75 Å². The topological polar surface area (TPSA) is 58.6 Å². The molecule has 2 aromatic rings. The van der Waals surface area contributed by atoms with Gasteiger partial charge in [0, 0.05) is 13.1 Å². The van der Waals surface area contributed by atoms with E-state index in [1.807, 2.05) is 69.3 Å². The number of ether oxygens (including phenoxy) is 1. The average Bonchev–Trinajstić information content (AvgIpc) is 2.68. The van der Waals surface area contributed by atoms with Gasteiger partial charge in [-0.25, -0.2) is 0 Å². The van der Waals surface area contributed by atoms with Crippen LogP contribution < -0.4 is 10.1 Å². The first kappa shape index (κ1) is 21.5. The summed E-state index contributed by atoms with van der Waals surface area (Å²) < 4.78 is 5.75. The minimum atomic E-state index is -0.557. The predicted molar refractivity (Wildman–Crippen MR) is 111 cm³/mol. The molecule has 0 bridgehead atoms. The smallest absolute Gasteiger partial charge is 0.261 e. The van der Waals surface area contributed by atoms with Crippen LogP contribution in [0.3, 0.4) is 0 Å². The van der Waals surface area contributed by atoms with E-state index in [1.165, 1.54) is 0 Å². The van der Waals surface area contributed by atoms with Crippen LogP contribution >= 0.6 is 0 Å². The van der Waals surface area contributed by atoms with E-state index in [4.69, 9.17) is 4.74 Å². The minimum absolute atomic E-state index is 0.0948. The Balaban J connectivity index is 2.07. The minimum Gasteiger partial charge on any atom is -0.483 e. The zero-order valence-electron chi connectivity index (χ0n) is 17.2. The second kappa shape index (κ2) is 10.5. The van der Waals surface area contributed by atoms with Crippen molar-refractivity contribution in [1.82, 2.24) is 10.2 Å². The number of nitrogens with zero attached hydrogens (tertiary/aromatic N) is 1. The van der Waals surface area contributed by atoms with Gasteiger partial charge in [0.1, 0.15) is 11.8 Å². The lowest BCUT2D eigenvalue weighted by Crippen LogP contribution is -2.50. The predicted octanol–water partition coefficient (Wildman–Crippen LogP) is 3.28. The molecule has 0 heterocycles. The summed E-state index contributed by atoms with van der Waals surface area (Å²) in [5.41, 5.74) is 3.25. The highest BCUT2D eigenvalue weighted by Gasteiger charge is 2.25. The van der Waals surface area contributed by atoms with E-state index in [0.29, 0.717) is 25.3 Å². The van der Waals surface area contributed by atoms with Crippen LogP contribution in [0.5, 0.6) is 5.75 Å². The summed E-state index contributed by atoms with van der Waals surface area (Å²) in [6.45, 7) is 8.48. The SMILES string of the molecule is CCNC(=O)C(C)N(CCc1ccccc1)C(=O)COc1ccc(C)cc1C. The fraction of sp³-hybridized carbons (Fsp3) is 0.391. The quantitative estimate of drug-likeness (QED) is 0.724. The molecule has 0 aliphatic rings.